The van der Waals surface area contributed by atoms with Crippen LogP contribution in [0.25, 0.3) is 0 Å². The summed E-state index contributed by atoms with van der Waals surface area (Å²) in [6.45, 7) is 0.504. The fourth-order valence-corrected chi connectivity index (χ4v) is 2.59. The van der Waals surface area contributed by atoms with E-state index in [9.17, 15) is 18.0 Å². The topological polar surface area (TPSA) is 61.9 Å². The smallest absolute Gasteiger partial charge is 0.350 e. The fraction of sp³-hybridized carbons (Fsp3) is 0.308. The Morgan fingerprint density at radius 3 is 2.82 bits per heavy atom. The molecule has 0 aromatic carbocycles. The van der Waals surface area contributed by atoms with Crippen LogP contribution < -0.4 is 10.5 Å². The van der Waals surface area contributed by atoms with Gasteiger partial charge in [-0.05, 0) is 12.1 Å². The number of aromatic amines is 1. The molecule has 22 heavy (non-hydrogen) atoms. The zero-order valence-electron chi connectivity index (χ0n) is 11.1. The van der Waals surface area contributed by atoms with Gasteiger partial charge in [-0.3, -0.25) is 4.79 Å². The minimum atomic E-state index is -4.67. The predicted octanol–water partition coefficient (Wildman–Crippen LogP) is 2.40. The number of anilines is 1. The molecule has 2 aromatic rings. The van der Waals surface area contributed by atoms with E-state index in [1.807, 2.05) is 0 Å². The number of hydrogen-bond donors (Lipinski definition) is 1. The number of H-pyrrole nitrogens is 1. The molecule has 0 radical (unpaired) electrons. The first-order chi connectivity index (χ1) is 10.4. The van der Waals surface area contributed by atoms with Crippen LogP contribution in [0.15, 0.2) is 23.1 Å². The normalized spacial score (nSPS) is 14.8. The first kappa shape index (κ1) is 14.8. The number of hydrogen-bond acceptors (Lipinski definition) is 4. The maximum atomic E-state index is 12.7. The van der Waals surface area contributed by atoms with Crippen molar-refractivity contribution < 1.29 is 13.2 Å². The van der Waals surface area contributed by atoms with Gasteiger partial charge in [-0.1, -0.05) is 11.6 Å². The Hall–Kier alpha value is -2.09. The molecule has 0 atom stereocenters. The van der Waals surface area contributed by atoms with Gasteiger partial charge in [-0.2, -0.15) is 13.2 Å². The molecule has 3 rings (SSSR count). The summed E-state index contributed by atoms with van der Waals surface area (Å²) in [5.74, 6) is -0.769. The highest BCUT2D eigenvalue weighted by atomic mass is 35.5. The molecule has 2 aromatic heterocycles. The highest BCUT2D eigenvalue weighted by Gasteiger charge is 2.36. The number of aromatic nitrogens is 3. The molecule has 0 fully saturated rings. The summed E-state index contributed by atoms with van der Waals surface area (Å²) in [4.78, 5) is 23.1. The van der Waals surface area contributed by atoms with Gasteiger partial charge in [0.1, 0.15) is 5.82 Å². The van der Waals surface area contributed by atoms with E-state index < -0.39 is 17.6 Å². The molecular formula is C13H10ClF3N4O. The van der Waals surface area contributed by atoms with Crippen molar-refractivity contribution in [2.75, 3.05) is 11.4 Å². The molecule has 9 heteroatoms. The van der Waals surface area contributed by atoms with Crippen molar-refractivity contribution in [1.82, 2.24) is 15.0 Å². The summed E-state index contributed by atoms with van der Waals surface area (Å²) < 4.78 is 38.0. The number of rotatable bonds is 1. The summed E-state index contributed by atoms with van der Waals surface area (Å²) in [6.07, 6.45) is -2.89. The Morgan fingerprint density at radius 1 is 1.36 bits per heavy atom. The Bertz CT molecular complexity index is 775. The second-order valence-electron chi connectivity index (χ2n) is 4.82. The monoisotopic (exact) mass is 330 g/mol. The van der Waals surface area contributed by atoms with Gasteiger partial charge in [0.05, 0.1) is 22.8 Å². The van der Waals surface area contributed by atoms with E-state index in [0.29, 0.717) is 17.4 Å². The van der Waals surface area contributed by atoms with E-state index >= 15 is 0 Å². The fourth-order valence-electron chi connectivity index (χ4n) is 2.35. The van der Waals surface area contributed by atoms with Crippen LogP contribution in [0.3, 0.4) is 0 Å². The molecule has 0 saturated heterocycles. The van der Waals surface area contributed by atoms with Crippen molar-refractivity contribution in [3.63, 3.8) is 0 Å². The molecule has 0 amide bonds. The van der Waals surface area contributed by atoms with E-state index in [1.54, 1.807) is 28.2 Å². The Balaban J connectivity index is 1.98. The molecule has 5 nitrogen and oxygen atoms in total. The molecule has 0 saturated carbocycles. The van der Waals surface area contributed by atoms with Gasteiger partial charge in [0.2, 0.25) is 5.82 Å². The van der Waals surface area contributed by atoms with Gasteiger partial charge < -0.3 is 9.88 Å². The highest BCUT2D eigenvalue weighted by Crippen LogP contribution is 2.29. The van der Waals surface area contributed by atoms with Crippen LogP contribution in [0.1, 0.15) is 17.1 Å². The Morgan fingerprint density at radius 2 is 2.14 bits per heavy atom. The number of fused-ring (bicyclic) bond motifs is 1. The minimum absolute atomic E-state index is 0.118. The van der Waals surface area contributed by atoms with Crippen molar-refractivity contribution in [3.05, 3.63) is 50.8 Å². The lowest BCUT2D eigenvalue weighted by Crippen LogP contribution is -2.37. The van der Waals surface area contributed by atoms with E-state index in [2.05, 4.69) is 9.97 Å². The van der Waals surface area contributed by atoms with Gasteiger partial charge in [0.15, 0.2) is 0 Å². The minimum Gasteiger partial charge on any atom is -0.350 e. The highest BCUT2D eigenvalue weighted by molar-refractivity contribution is 6.32. The Labute approximate surface area is 127 Å². The van der Waals surface area contributed by atoms with Crippen LogP contribution in [0.2, 0.25) is 5.02 Å². The van der Waals surface area contributed by atoms with Crippen molar-refractivity contribution in [3.8, 4) is 0 Å². The van der Waals surface area contributed by atoms with E-state index in [1.165, 1.54) is 0 Å². The van der Waals surface area contributed by atoms with Crippen LogP contribution in [-0.4, -0.2) is 21.5 Å². The SMILES string of the molecule is O=c1[nH]c(C(F)(F)F)nc2c1CN(c1ncccc1Cl)CC2. The summed E-state index contributed by atoms with van der Waals surface area (Å²) in [5.41, 5.74) is -0.408. The summed E-state index contributed by atoms with van der Waals surface area (Å²) >= 11 is 6.06. The average Bonchev–Trinajstić information content (AvgIpc) is 2.46. The molecular weight excluding hydrogens is 321 g/mol. The third-order valence-electron chi connectivity index (χ3n) is 3.38. The van der Waals surface area contributed by atoms with Crippen LogP contribution >= 0.6 is 11.6 Å². The van der Waals surface area contributed by atoms with Crippen LogP contribution in [0.4, 0.5) is 19.0 Å². The lowest BCUT2D eigenvalue weighted by molar-refractivity contribution is -0.145. The van der Waals surface area contributed by atoms with Crippen LogP contribution in [0, 0.1) is 0 Å². The number of nitrogens with one attached hydrogen (secondary N) is 1. The maximum Gasteiger partial charge on any atom is 0.449 e. The standard InChI is InChI=1S/C13H10ClF3N4O/c14-8-2-1-4-18-10(8)21-5-3-9-7(6-21)11(22)20-12(19-9)13(15,16)17/h1-2,4H,3,5-6H2,(H,19,20,22). The second-order valence-corrected chi connectivity index (χ2v) is 5.23. The van der Waals surface area contributed by atoms with Crippen molar-refractivity contribution in [2.24, 2.45) is 0 Å². The van der Waals surface area contributed by atoms with Crippen molar-refractivity contribution in [1.29, 1.82) is 0 Å². The van der Waals surface area contributed by atoms with Gasteiger partial charge >= 0.3 is 6.18 Å². The first-order valence-electron chi connectivity index (χ1n) is 6.41. The largest absolute Gasteiger partial charge is 0.449 e. The molecule has 1 aliphatic rings. The van der Waals surface area contributed by atoms with E-state index in [-0.39, 0.29) is 24.2 Å². The number of halogens is 4. The maximum absolute atomic E-state index is 12.7. The van der Waals surface area contributed by atoms with E-state index in [4.69, 9.17) is 11.6 Å². The zero-order valence-corrected chi connectivity index (χ0v) is 11.9. The molecule has 0 bridgehead atoms. The van der Waals surface area contributed by atoms with Gasteiger partial charge in [-0.15, -0.1) is 0 Å². The van der Waals surface area contributed by atoms with Gasteiger partial charge in [0.25, 0.3) is 5.56 Å². The average molecular weight is 331 g/mol. The zero-order chi connectivity index (χ0) is 15.9. The molecule has 0 unspecified atom stereocenters. The van der Waals surface area contributed by atoms with Gasteiger partial charge in [0, 0.05) is 19.2 Å². The van der Waals surface area contributed by atoms with Gasteiger partial charge in [-0.25, -0.2) is 9.97 Å². The number of nitrogens with zero attached hydrogens (tertiary/aromatic N) is 3. The molecule has 3 heterocycles. The number of pyridine rings is 1. The number of alkyl halides is 3. The predicted molar refractivity (Wildman–Crippen MR) is 73.9 cm³/mol. The summed E-state index contributed by atoms with van der Waals surface area (Å²) in [5, 5.41) is 0.419. The molecule has 0 spiro atoms. The van der Waals surface area contributed by atoms with Crippen molar-refractivity contribution in [2.45, 2.75) is 19.1 Å². The third-order valence-corrected chi connectivity index (χ3v) is 3.67. The first-order valence-corrected chi connectivity index (χ1v) is 6.79. The van der Waals surface area contributed by atoms with Crippen LogP contribution in [0.5, 0.6) is 0 Å². The molecule has 1 N–H and O–H groups in total. The second kappa shape index (κ2) is 5.28. The lowest BCUT2D eigenvalue weighted by atomic mass is 10.1. The van der Waals surface area contributed by atoms with E-state index in [0.717, 1.165) is 0 Å². The molecule has 116 valence electrons. The summed E-state index contributed by atoms with van der Waals surface area (Å²) in [7, 11) is 0. The molecule has 0 aliphatic carbocycles. The quantitative estimate of drug-likeness (QED) is 0.872. The van der Waals surface area contributed by atoms with Crippen LogP contribution in [-0.2, 0) is 19.1 Å². The lowest BCUT2D eigenvalue weighted by Gasteiger charge is -2.29. The molecule has 1 aliphatic heterocycles. The third kappa shape index (κ3) is 2.66. The Kier molecular flexibility index (Phi) is 3.56. The van der Waals surface area contributed by atoms with Crippen molar-refractivity contribution >= 4 is 17.4 Å². The summed E-state index contributed by atoms with van der Waals surface area (Å²) in [6, 6.07) is 3.34.